The topological polar surface area (TPSA) is 67.3 Å². The molecule has 1 N–H and O–H groups in total. The molecular weight excluding hydrogens is 178 g/mol. The lowest BCUT2D eigenvalue weighted by Gasteiger charge is -1.88. The van der Waals surface area contributed by atoms with E-state index < -0.39 is 11.8 Å². The number of carbonyl (C=O) groups is 2. The highest BCUT2D eigenvalue weighted by molar-refractivity contribution is 7.11. The number of aromatic nitrogens is 1. The zero-order valence-electron chi connectivity index (χ0n) is 6.40. The number of carboxylic acid groups (broad SMARTS) is 1. The van der Waals surface area contributed by atoms with Crippen LogP contribution in [0.2, 0.25) is 0 Å². The first kappa shape index (κ1) is 8.86. The Morgan fingerprint density at radius 3 is 2.75 bits per heavy atom. The van der Waals surface area contributed by atoms with Crippen molar-refractivity contribution < 1.29 is 14.7 Å². The van der Waals surface area contributed by atoms with E-state index in [2.05, 4.69) is 4.98 Å². The molecule has 1 aromatic heterocycles. The number of aliphatic carboxylic acids is 1. The summed E-state index contributed by atoms with van der Waals surface area (Å²) in [6.45, 7) is 1.85. The Morgan fingerprint density at radius 1 is 1.67 bits per heavy atom. The van der Waals surface area contributed by atoms with E-state index in [1.807, 2.05) is 6.92 Å². The number of hydrogen-bond donors (Lipinski definition) is 1. The predicted octanol–water partition coefficient (Wildman–Crippen LogP) is 0.648. The molecule has 0 radical (unpaired) electrons. The molecule has 0 saturated carbocycles. The van der Waals surface area contributed by atoms with Crippen LogP contribution in [-0.4, -0.2) is 21.8 Å². The number of thiazole rings is 1. The Bertz CT molecular complexity index is 318. The van der Waals surface area contributed by atoms with Gasteiger partial charge in [0.2, 0.25) is 5.78 Å². The molecule has 0 aromatic carbocycles. The predicted molar refractivity (Wildman–Crippen MR) is 43.2 cm³/mol. The third kappa shape index (κ3) is 2.13. The maximum atomic E-state index is 10.7. The third-order valence-corrected chi connectivity index (χ3v) is 2.13. The number of carboxylic acids is 1. The van der Waals surface area contributed by atoms with Gasteiger partial charge >= 0.3 is 5.97 Å². The van der Waals surface area contributed by atoms with Crippen molar-refractivity contribution in [2.45, 2.75) is 13.3 Å². The summed E-state index contributed by atoms with van der Waals surface area (Å²) < 4.78 is 0. The van der Waals surface area contributed by atoms with Crippen LogP contribution in [0.5, 0.6) is 0 Å². The zero-order valence-corrected chi connectivity index (χ0v) is 7.22. The summed E-state index contributed by atoms with van der Waals surface area (Å²) in [4.78, 5) is 25.7. The van der Waals surface area contributed by atoms with E-state index in [0.29, 0.717) is 5.01 Å². The highest BCUT2D eigenvalue weighted by atomic mass is 32.1. The summed E-state index contributed by atoms with van der Waals surface area (Å²) in [5.41, 5.74) is 0. The van der Waals surface area contributed by atoms with Gasteiger partial charge in [0.25, 0.3) is 0 Å². The van der Waals surface area contributed by atoms with Crippen LogP contribution in [0.1, 0.15) is 9.88 Å². The minimum Gasteiger partial charge on any atom is -0.475 e. The number of Topliss-reactive ketones (excluding diaryl/α,β-unsaturated/α-hetero) is 1. The molecule has 0 amide bonds. The van der Waals surface area contributed by atoms with E-state index >= 15 is 0 Å². The minimum atomic E-state index is -1.40. The molecule has 1 aromatic rings. The first-order valence-corrected chi connectivity index (χ1v) is 4.08. The van der Waals surface area contributed by atoms with Crippen molar-refractivity contribution in [2.24, 2.45) is 0 Å². The smallest absolute Gasteiger partial charge is 0.372 e. The van der Waals surface area contributed by atoms with Crippen molar-refractivity contribution in [3.63, 3.8) is 0 Å². The molecule has 1 heterocycles. The first-order valence-electron chi connectivity index (χ1n) is 3.27. The Hall–Kier alpha value is -1.23. The van der Waals surface area contributed by atoms with Crippen LogP contribution in [0.25, 0.3) is 0 Å². The Morgan fingerprint density at radius 2 is 2.33 bits per heavy atom. The fourth-order valence-corrected chi connectivity index (χ4v) is 1.48. The van der Waals surface area contributed by atoms with Gasteiger partial charge in [0, 0.05) is 11.1 Å². The number of nitrogens with zero attached hydrogens (tertiary/aromatic N) is 1. The number of rotatable bonds is 3. The van der Waals surface area contributed by atoms with Crippen LogP contribution in [0.3, 0.4) is 0 Å². The third-order valence-electron chi connectivity index (χ3n) is 1.22. The van der Waals surface area contributed by atoms with E-state index in [4.69, 9.17) is 5.11 Å². The molecule has 0 atom stereocenters. The average molecular weight is 185 g/mol. The molecule has 0 unspecified atom stereocenters. The fraction of sp³-hybridized carbons (Fsp3) is 0.286. The number of aryl methyl sites for hydroxylation is 1. The summed E-state index contributed by atoms with van der Waals surface area (Å²) in [6, 6.07) is 0. The van der Waals surface area contributed by atoms with E-state index in [0.717, 1.165) is 4.88 Å². The molecule has 64 valence electrons. The largest absolute Gasteiger partial charge is 0.475 e. The molecule has 4 nitrogen and oxygen atoms in total. The van der Waals surface area contributed by atoms with E-state index in [1.165, 1.54) is 11.3 Å². The molecule has 0 aliphatic carbocycles. The first-order chi connectivity index (χ1) is 5.59. The highest BCUT2D eigenvalue weighted by Gasteiger charge is 2.13. The molecule has 0 fully saturated rings. The van der Waals surface area contributed by atoms with Crippen LogP contribution < -0.4 is 0 Å². The minimum absolute atomic E-state index is 0.103. The van der Waals surface area contributed by atoms with Gasteiger partial charge in [-0.15, -0.1) is 11.3 Å². The summed E-state index contributed by atoms with van der Waals surface area (Å²) in [5, 5.41) is 8.83. The maximum Gasteiger partial charge on any atom is 0.372 e. The van der Waals surface area contributed by atoms with Crippen molar-refractivity contribution in [1.29, 1.82) is 0 Å². The molecule has 1 rings (SSSR count). The van der Waals surface area contributed by atoms with Gasteiger partial charge in [-0.25, -0.2) is 9.78 Å². The van der Waals surface area contributed by atoms with Crippen molar-refractivity contribution in [2.75, 3.05) is 0 Å². The van der Waals surface area contributed by atoms with Gasteiger partial charge in [-0.3, -0.25) is 4.79 Å². The monoisotopic (exact) mass is 185 g/mol. The molecule has 0 aliphatic rings. The number of carbonyl (C=O) groups excluding carboxylic acids is 1. The van der Waals surface area contributed by atoms with Gasteiger partial charge in [0.1, 0.15) is 5.01 Å². The molecular formula is C7H7NO3S. The van der Waals surface area contributed by atoms with Gasteiger partial charge in [0.15, 0.2) is 0 Å². The van der Waals surface area contributed by atoms with Crippen molar-refractivity contribution in [3.8, 4) is 0 Å². The van der Waals surface area contributed by atoms with Crippen molar-refractivity contribution in [1.82, 2.24) is 4.98 Å². The van der Waals surface area contributed by atoms with E-state index in [-0.39, 0.29) is 6.42 Å². The van der Waals surface area contributed by atoms with Gasteiger partial charge in [-0.05, 0) is 6.92 Å². The number of hydrogen-bond acceptors (Lipinski definition) is 4. The van der Waals surface area contributed by atoms with E-state index in [9.17, 15) is 9.59 Å². The van der Waals surface area contributed by atoms with Crippen molar-refractivity contribution in [3.05, 3.63) is 16.1 Å². The Kier molecular flexibility index (Phi) is 2.54. The second-order valence-electron chi connectivity index (χ2n) is 2.27. The van der Waals surface area contributed by atoms with Gasteiger partial charge in [-0.1, -0.05) is 0 Å². The summed E-state index contributed by atoms with van der Waals surface area (Å²) in [6.07, 6.45) is 1.52. The summed E-state index contributed by atoms with van der Waals surface area (Å²) in [5.74, 6) is -2.22. The average Bonchev–Trinajstić information content (AvgIpc) is 2.35. The lowest BCUT2D eigenvalue weighted by atomic mass is 10.3. The zero-order chi connectivity index (χ0) is 9.14. The second kappa shape index (κ2) is 3.44. The molecule has 0 saturated heterocycles. The van der Waals surface area contributed by atoms with Crippen LogP contribution in [0.15, 0.2) is 6.20 Å². The maximum absolute atomic E-state index is 10.7. The molecule has 12 heavy (non-hydrogen) atoms. The highest BCUT2D eigenvalue weighted by Crippen LogP contribution is 2.11. The van der Waals surface area contributed by atoms with Crippen LogP contribution in [0.4, 0.5) is 0 Å². The molecule has 0 bridgehead atoms. The van der Waals surface area contributed by atoms with E-state index in [1.54, 1.807) is 6.20 Å². The molecule has 0 spiro atoms. The Labute approximate surface area is 72.9 Å². The van der Waals surface area contributed by atoms with Crippen LogP contribution in [0, 0.1) is 6.92 Å². The van der Waals surface area contributed by atoms with Crippen LogP contribution >= 0.6 is 11.3 Å². The lowest BCUT2D eigenvalue weighted by molar-refractivity contribution is -0.148. The quantitative estimate of drug-likeness (QED) is 0.702. The summed E-state index contributed by atoms with van der Waals surface area (Å²) in [7, 11) is 0. The summed E-state index contributed by atoms with van der Waals surface area (Å²) >= 11 is 1.34. The SMILES string of the molecule is Cc1cnc(CC(=O)C(=O)O)s1. The normalized spacial score (nSPS) is 9.75. The van der Waals surface area contributed by atoms with Gasteiger partial charge < -0.3 is 5.11 Å². The standard InChI is InChI=1S/C7H7NO3S/c1-4-3-8-6(12-4)2-5(9)7(10)11/h3H,2H2,1H3,(H,10,11). The Balaban J connectivity index is 2.64. The second-order valence-corrected chi connectivity index (χ2v) is 3.59. The van der Waals surface area contributed by atoms with Gasteiger partial charge in [0.05, 0.1) is 6.42 Å². The fourth-order valence-electron chi connectivity index (χ4n) is 0.696. The van der Waals surface area contributed by atoms with Gasteiger partial charge in [-0.2, -0.15) is 0 Å². The molecule has 0 aliphatic heterocycles. The van der Waals surface area contributed by atoms with Crippen molar-refractivity contribution >= 4 is 23.1 Å². The lowest BCUT2D eigenvalue weighted by Crippen LogP contribution is -2.14. The van der Waals surface area contributed by atoms with Crippen LogP contribution in [-0.2, 0) is 16.0 Å². The molecule has 5 heteroatoms. The number of ketones is 1.